The molecule has 0 radical (unpaired) electrons. The zero-order chi connectivity index (χ0) is 29.0. The molecule has 2 fully saturated rings. The lowest BCUT2D eigenvalue weighted by Crippen LogP contribution is -2.48. The number of likely N-dealkylation sites (tertiary alicyclic amines) is 2. The van der Waals surface area contributed by atoms with Crippen LogP contribution in [0.15, 0.2) is 84.9 Å². The summed E-state index contributed by atoms with van der Waals surface area (Å²) in [6.07, 6.45) is 8.77. The molecule has 1 atom stereocenters. The van der Waals surface area contributed by atoms with Crippen molar-refractivity contribution in [2.24, 2.45) is 0 Å². The average Bonchev–Trinajstić information content (AvgIpc) is 3.06. The van der Waals surface area contributed by atoms with Crippen molar-refractivity contribution in [2.75, 3.05) is 39.3 Å². The van der Waals surface area contributed by atoms with E-state index >= 15 is 0 Å². The van der Waals surface area contributed by atoms with Crippen LogP contribution in [0.2, 0.25) is 0 Å². The first kappa shape index (κ1) is 30.0. The van der Waals surface area contributed by atoms with Gasteiger partial charge in [0.1, 0.15) is 6.04 Å². The first-order chi connectivity index (χ1) is 20.7. The Bertz CT molecular complexity index is 1250. The lowest BCUT2D eigenvalue weighted by Gasteiger charge is -2.40. The molecule has 42 heavy (non-hydrogen) atoms. The summed E-state index contributed by atoms with van der Waals surface area (Å²) in [6, 6.07) is 27.9. The summed E-state index contributed by atoms with van der Waals surface area (Å²) in [7, 11) is 0. The molecule has 0 bridgehead atoms. The van der Waals surface area contributed by atoms with Gasteiger partial charge < -0.3 is 20.4 Å². The summed E-state index contributed by atoms with van der Waals surface area (Å²) in [5.41, 5.74) is 3.63. The first-order valence-electron chi connectivity index (χ1n) is 15.9. The van der Waals surface area contributed by atoms with E-state index in [2.05, 4.69) is 32.6 Å². The van der Waals surface area contributed by atoms with Crippen molar-refractivity contribution < 1.29 is 9.59 Å². The van der Waals surface area contributed by atoms with Gasteiger partial charge in [-0.15, -0.1) is 0 Å². The van der Waals surface area contributed by atoms with Gasteiger partial charge >= 0.3 is 0 Å². The van der Waals surface area contributed by atoms with Crippen LogP contribution in [0.5, 0.6) is 0 Å². The third-order valence-corrected chi connectivity index (χ3v) is 8.87. The minimum absolute atomic E-state index is 0.111. The van der Waals surface area contributed by atoms with Crippen LogP contribution >= 0.6 is 0 Å². The summed E-state index contributed by atoms with van der Waals surface area (Å²) >= 11 is 0. The molecule has 222 valence electrons. The summed E-state index contributed by atoms with van der Waals surface area (Å²) < 4.78 is 0. The maximum Gasteiger partial charge on any atom is 0.252 e. The summed E-state index contributed by atoms with van der Waals surface area (Å²) in [6.45, 7) is 6.26. The van der Waals surface area contributed by atoms with Crippen molar-refractivity contribution in [1.29, 1.82) is 0 Å². The molecule has 6 nitrogen and oxygen atoms in total. The molecule has 2 aliphatic rings. The van der Waals surface area contributed by atoms with E-state index in [1.165, 1.54) is 50.8 Å². The van der Waals surface area contributed by atoms with Crippen molar-refractivity contribution >= 4 is 11.8 Å². The van der Waals surface area contributed by atoms with Gasteiger partial charge in [0.25, 0.3) is 5.91 Å². The number of nitrogens with one attached hydrogen (secondary N) is 2. The average molecular weight is 567 g/mol. The fourth-order valence-corrected chi connectivity index (χ4v) is 6.46. The summed E-state index contributed by atoms with van der Waals surface area (Å²) in [4.78, 5) is 32.3. The number of rotatable bonds is 12. The second kappa shape index (κ2) is 15.7. The van der Waals surface area contributed by atoms with Gasteiger partial charge in [-0.25, -0.2) is 0 Å². The molecule has 0 spiro atoms. The summed E-state index contributed by atoms with van der Waals surface area (Å²) in [5, 5.41) is 6.20. The second-order valence-corrected chi connectivity index (χ2v) is 11.8. The smallest absolute Gasteiger partial charge is 0.252 e. The van der Waals surface area contributed by atoms with Crippen molar-refractivity contribution in [3.05, 3.63) is 96.1 Å². The molecule has 3 aromatic carbocycles. The molecule has 6 heteroatoms. The van der Waals surface area contributed by atoms with E-state index in [4.69, 9.17) is 0 Å². The fourth-order valence-electron chi connectivity index (χ4n) is 6.46. The Kier molecular flexibility index (Phi) is 11.2. The highest BCUT2D eigenvalue weighted by molar-refractivity contribution is 6.02. The Labute approximate surface area is 251 Å². The number of hydrogen-bond donors (Lipinski definition) is 2. The molecule has 2 aliphatic heterocycles. The quantitative estimate of drug-likeness (QED) is 0.302. The molecule has 0 unspecified atom stereocenters. The van der Waals surface area contributed by atoms with Crippen LogP contribution < -0.4 is 10.6 Å². The Balaban J connectivity index is 1.18. The van der Waals surface area contributed by atoms with E-state index in [0.717, 1.165) is 49.6 Å². The van der Waals surface area contributed by atoms with E-state index in [1.54, 1.807) is 0 Å². The maximum absolute atomic E-state index is 13.6. The van der Waals surface area contributed by atoms with Crippen LogP contribution in [0.1, 0.15) is 60.9 Å². The minimum Gasteiger partial charge on any atom is -0.354 e. The van der Waals surface area contributed by atoms with Gasteiger partial charge in [-0.3, -0.25) is 9.59 Å². The number of carbonyl (C=O) groups excluding carboxylic acids is 2. The minimum atomic E-state index is -0.581. The first-order valence-corrected chi connectivity index (χ1v) is 15.9. The lowest BCUT2D eigenvalue weighted by molar-refractivity contribution is -0.123. The number of nitrogens with zero attached hydrogens (tertiary/aromatic N) is 2. The van der Waals surface area contributed by atoms with Gasteiger partial charge in [0.2, 0.25) is 5.91 Å². The zero-order valence-corrected chi connectivity index (χ0v) is 24.8. The number of carbonyl (C=O) groups is 2. The van der Waals surface area contributed by atoms with Crippen molar-refractivity contribution in [1.82, 2.24) is 20.4 Å². The molecule has 0 aromatic heterocycles. The van der Waals surface area contributed by atoms with Gasteiger partial charge in [-0.1, -0.05) is 85.3 Å². The van der Waals surface area contributed by atoms with Gasteiger partial charge in [0, 0.05) is 18.2 Å². The van der Waals surface area contributed by atoms with Crippen molar-refractivity contribution in [2.45, 2.75) is 63.5 Å². The largest absolute Gasteiger partial charge is 0.354 e. The van der Waals surface area contributed by atoms with Crippen LogP contribution in [-0.2, 0) is 11.2 Å². The van der Waals surface area contributed by atoms with Gasteiger partial charge in [0.15, 0.2) is 0 Å². The Morgan fingerprint density at radius 3 is 2.19 bits per heavy atom. The fraction of sp³-hybridized carbons (Fsp3) is 0.444. The van der Waals surface area contributed by atoms with Crippen molar-refractivity contribution in [3.63, 3.8) is 0 Å². The normalized spacial score (nSPS) is 17.4. The Morgan fingerprint density at radius 1 is 0.786 bits per heavy atom. The van der Waals surface area contributed by atoms with Crippen LogP contribution in [0.4, 0.5) is 0 Å². The van der Waals surface area contributed by atoms with Gasteiger partial charge in [-0.2, -0.15) is 0 Å². The predicted octanol–water partition coefficient (Wildman–Crippen LogP) is 5.54. The monoisotopic (exact) mass is 566 g/mol. The second-order valence-electron chi connectivity index (χ2n) is 11.8. The molecule has 0 saturated carbocycles. The lowest BCUT2D eigenvalue weighted by atomic mass is 9.98. The van der Waals surface area contributed by atoms with Gasteiger partial charge in [-0.05, 0) is 100 Å². The molecule has 2 heterocycles. The number of hydrogen-bond acceptors (Lipinski definition) is 4. The van der Waals surface area contributed by atoms with Crippen molar-refractivity contribution in [3.8, 4) is 11.1 Å². The highest BCUT2D eigenvalue weighted by atomic mass is 16.2. The maximum atomic E-state index is 13.6. The van der Waals surface area contributed by atoms with E-state index in [-0.39, 0.29) is 11.8 Å². The Morgan fingerprint density at radius 2 is 1.45 bits per heavy atom. The predicted molar refractivity (Wildman–Crippen MR) is 170 cm³/mol. The molecule has 2 amide bonds. The van der Waals surface area contributed by atoms with E-state index in [0.29, 0.717) is 18.5 Å². The molecule has 3 aromatic rings. The molecular weight excluding hydrogens is 520 g/mol. The third kappa shape index (κ3) is 8.52. The number of benzene rings is 3. The summed E-state index contributed by atoms with van der Waals surface area (Å²) in [5.74, 6) is -0.319. The zero-order valence-electron chi connectivity index (χ0n) is 24.8. The highest BCUT2D eigenvalue weighted by Gasteiger charge is 2.27. The molecular formula is C36H46N4O2. The molecule has 5 rings (SSSR count). The Hall–Kier alpha value is -3.48. The molecule has 2 N–H and O–H groups in total. The third-order valence-electron chi connectivity index (χ3n) is 8.87. The van der Waals surface area contributed by atoms with Gasteiger partial charge in [0.05, 0.1) is 0 Å². The van der Waals surface area contributed by atoms with E-state index < -0.39 is 6.04 Å². The van der Waals surface area contributed by atoms with Crippen LogP contribution in [0, 0.1) is 0 Å². The molecule has 0 aliphatic carbocycles. The standard InChI is InChI=1S/C36H46N4O2/c41-35(33-18-9-8-17-32(33)30-15-6-2-7-16-30)38-34(36(42)37-23-20-29-13-4-1-5-14-29)19-12-24-39-27-21-31(22-28-39)40-25-10-3-11-26-40/h1-2,4-9,13-18,31,34H,3,10-12,19-28H2,(H,37,42)(H,38,41)/t34-/m0/s1. The van der Waals surface area contributed by atoms with Crippen LogP contribution in [0.25, 0.3) is 11.1 Å². The number of piperidine rings is 2. The number of amides is 2. The van der Waals surface area contributed by atoms with E-state index in [9.17, 15) is 9.59 Å². The van der Waals surface area contributed by atoms with Crippen LogP contribution in [0.3, 0.4) is 0 Å². The molecule has 2 saturated heterocycles. The topological polar surface area (TPSA) is 64.7 Å². The highest BCUT2D eigenvalue weighted by Crippen LogP contribution is 2.24. The van der Waals surface area contributed by atoms with Crippen LogP contribution in [-0.4, -0.2) is 73.0 Å². The van der Waals surface area contributed by atoms with E-state index in [1.807, 2.05) is 72.8 Å². The SMILES string of the molecule is O=C(N[C@@H](CCCN1CCC(N2CCCCC2)CC1)C(=O)NCCc1ccccc1)c1ccccc1-c1ccccc1.